The van der Waals surface area contributed by atoms with Crippen LogP contribution in [0.15, 0.2) is 35.1 Å². The number of aryl methyl sites for hydroxylation is 1. The first-order valence-corrected chi connectivity index (χ1v) is 14.3. The van der Waals surface area contributed by atoms with Gasteiger partial charge >= 0.3 is 6.18 Å². The number of piperidine rings is 1. The van der Waals surface area contributed by atoms with Crippen molar-refractivity contribution in [2.75, 3.05) is 38.0 Å². The summed E-state index contributed by atoms with van der Waals surface area (Å²) in [6.07, 6.45) is 2.66. The maximum atomic E-state index is 13.0. The van der Waals surface area contributed by atoms with E-state index in [-0.39, 0.29) is 29.7 Å². The van der Waals surface area contributed by atoms with E-state index in [1.54, 1.807) is 12.2 Å². The number of hydrogen-bond donors (Lipinski definition) is 3. The maximum Gasteiger partial charge on any atom is 0.405 e. The predicted molar refractivity (Wildman–Crippen MR) is 147 cm³/mol. The fraction of sp³-hybridized carbons (Fsp3) is 0.556. The Morgan fingerprint density at radius 3 is 2.54 bits per heavy atom. The number of carbonyl (C=O) groups is 2. The number of nitrogens with two attached hydrogens (primary N) is 1. The lowest BCUT2D eigenvalue weighted by Crippen LogP contribution is -2.38. The van der Waals surface area contributed by atoms with E-state index in [2.05, 4.69) is 40.2 Å². The van der Waals surface area contributed by atoms with E-state index in [0.717, 1.165) is 54.9 Å². The number of likely N-dealkylation sites (tertiary alicyclic amines) is 1. The van der Waals surface area contributed by atoms with Crippen molar-refractivity contribution in [1.29, 1.82) is 0 Å². The second kappa shape index (κ2) is 11.0. The number of aromatic nitrogens is 1. The van der Waals surface area contributed by atoms with Gasteiger partial charge in [0.05, 0.1) is 0 Å². The van der Waals surface area contributed by atoms with Crippen LogP contribution in [0.2, 0.25) is 0 Å². The van der Waals surface area contributed by atoms with E-state index >= 15 is 0 Å². The minimum Gasteiger partial charge on any atom is -0.392 e. The Kier molecular flexibility index (Phi) is 7.78. The summed E-state index contributed by atoms with van der Waals surface area (Å²) >= 11 is 1.10. The monoisotopic (exact) mass is 564 g/mol. The quantitative estimate of drug-likeness (QED) is 0.424. The highest BCUT2D eigenvalue weighted by atomic mass is 32.2. The van der Waals surface area contributed by atoms with Gasteiger partial charge in [-0.05, 0) is 75.4 Å². The molecule has 1 aliphatic carbocycles. The third-order valence-corrected chi connectivity index (χ3v) is 9.14. The topological polar surface area (TPSA) is 95.6 Å². The number of hydrogen-bond acceptors (Lipinski definition) is 6. The third kappa shape index (κ3) is 6.01. The van der Waals surface area contributed by atoms with Crippen LogP contribution in [0, 0.1) is 0 Å². The molecule has 0 bridgehead atoms. The van der Waals surface area contributed by atoms with E-state index in [0.29, 0.717) is 5.92 Å². The number of nitrogens with zero attached hydrogens (tertiary/aromatic N) is 3. The standard InChI is InChI=1S/C27H35F3N6O2S/c1-3-36-25(38)22(39-26(36)23(31)24(37)33-15-27(28,29)30)13-32-17-4-7-21-19(12-17)20(14-34(21)2)16-8-10-35(11-9-16)18-5-6-18/h4,7,12,14,16,18,22,32H,3,5-6,8-11,13,15,31H2,1-2H3,(H,33,37)/b26-23+. The molecule has 5 rings (SSSR count). The van der Waals surface area contributed by atoms with Crippen molar-refractivity contribution < 1.29 is 22.8 Å². The van der Waals surface area contributed by atoms with Crippen molar-refractivity contribution >= 4 is 40.2 Å². The normalized spacial score (nSPS) is 22.5. The Morgan fingerprint density at radius 2 is 1.90 bits per heavy atom. The van der Waals surface area contributed by atoms with Crippen molar-refractivity contribution in [1.82, 2.24) is 19.7 Å². The van der Waals surface area contributed by atoms with Crippen LogP contribution >= 0.6 is 11.8 Å². The lowest BCUT2D eigenvalue weighted by molar-refractivity contribution is -0.136. The summed E-state index contributed by atoms with van der Waals surface area (Å²) in [5.74, 6) is -0.761. The molecule has 2 aliphatic heterocycles. The van der Waals surface area contributed by atoms with E-state index < -0.39 is 23.9 Å². The maximum absolute atomic E-state index is 13.0. The van der Waals surface area contributed by atoms with Crippen LogP contribution in [0.25, 0.3) is 10.9 Å². The summed E-state index contributed by atoms with van der Waals surface area (Å²) in [5, 5.41) is 5.97. The molecular formula is C27H35F3N6O2S. The van der Waals surface area contributed by atoms with E-state index in [1.165, 1.54) is 28.7 Å². The molecule has 212 valence electrons. The number of carbonyl (C=O) groups excluding carboxylic acids is 2. The lowest BCUT2D eigenvalue weighted by atomic mass is 9.89. The zero-order valence-corrected chi connectivity index (χ0v) is 23.0. The van der Waals surface area contributed by atoms with Crippen molar-refractivity contribution in [2.24, 2.45) is 12.8 Å². The van der Waals surface area contributed by atoms with Crippen molar-refractivity contribution in [3.8, 4) is 0 Å². The first kappa shape index (κ1) is 27.7. The minimum atomic E-state index is -4.55. The smallest absolute Gasteiger partial charge is 0.392 e. The summed E-state index contributed by atoms with van der Waals surface area (Å²) in [5.41, 5.74) is 8.91. The zero-order valence-electron chi connectivity index (χ0n) is 22.2. The fourth-order valence-electron chi connectivity index (χ4n) is 5.62. The molecular weight excluding hydrogens is 529 g/mol. The Balaban J connectivity index is 1.27. The van der Waals surface area contributed by atoms with Gasteiger partial charge in [-0.2, -0.15) is 13.2 Å². The second-order valence-corrected chi connectivity index (χ2v) is 11.7. The first-order chi connectivity index (χ1) is 18.6. The summed E-state index contributed by atoms with van der Waals surface area (Å²) in [7, 11) is 2.06. The number of halogens is 3. The predicted octanol–water partition coefficient (Wildman–Crippen LogP) is 3.70. The number of alkyl halides is 3. The Hall–Kier alpha value is -2.86. The number of anilines is 1. The number of benzene rings is 1. The molecule has 1 aromatic heterocycles. The number of amides is 2. The molecule has 3 heterocycles. The van der Waals surface area contributed by atoms with Crippen LogP contribution in [0.1, 0.15) is 44.1 Å². The molecule has 0 radical (unpaired) electrons. The minimum absolute atomic E-state index is 0.187. The highest BCUT2D eigenvalue weighted by Crippen LogP contribution is 2.39. The van der Waals surface area contributed by atoms with Crippen molar-refractivity contribution in [3.63, 3.8) is 0 Å². The van der Waals surface area contributed by atoms with E-state index in [1.807, 2.05) is 6.07 Å². The number of rotatable bonds is 8. The van der Waals surface area contributed by atoms with Crippen LogP contribution in [0.3, 0.4) is 0 Å². The largest absolute Gasteiger partial charge is 0.405 e. The Bertz CT molecular complexity index is 1280. The van der Waals surface area contributed by atoms with Crippen LogP contribution in [0.4, 0.5) is 18.9 Å². The second-order valence-electron chi connectivity index (χ2n) is 10.6. The van der Waals surface area contributed by atoms with Crippen molar-refractivity contribution in [2.45, 2.75) is 56.0 Å². The number of thioether (sulfide) groups is 1. The van der Waals surface area contributed by atoms with Crippen molar-refractivity contribution in [3.05, 3.63) is 40.7 Å². The van der Waals surface area contributed by atoms with Gasteiger partial charge in [0.25, 0.3) is 5.91 Å². The van der Waals surface area contributed by atoms with Gasteiger partial charge in [-0.1, -0.05) is 11.8 Å². The van der Waals surface area contributed by atoms with Gasteiger partial charge in [0.15, 0.2) is 0 Å². The first-order valence-electron chi connectivity index (χ1n) is 13.4. The fourth-order valence-corrected chi connectivity index (χ4v) is 6.85. The highest BCUT2D eigenvalue weighted by Gasteiger charge is 2.39. The molecule has 1 aromatic carbocycles. The molecule has 4 N–H and O–H groups in total. The van der Waals surface area contributed by atoms with E-state index in [4.69, 9.17) is 5.73 Å². The molecule has 1 saturated carbocycles. The molecule has 2 aromatic rings. The Morgan fingerprint density at radius 1 is 1.18 bits per heavy atom. The van der Waals surface area contributed by atoms with Gasteiger partial charge in [-0.3, -0.25) is 9.59 Å². The third-order valence-electron chi connectivity index (χ3n) is 7.83. The van der Waals surface area contributed by atoms with Gasteiger partial charge in [-0.15, -0.1) is 0 Å². The molecule has 1 unspecified atom stereocenters. The highest BCUT2D eigenvalue weighted by molar-refractivity contribution is 8.04. The summed E-state index contributed by atoms with van der Waals surface area (Å²) in [6, 6.07) is 7.00. The molecule has 2 saturated heterocycles. The van der Waals surface area contributed by atoms with Crippen LogP contribution < -0.4 is 16.4 Å². The molecule has 8 nitrogen and oxygen atoms in total. The molecule has 39 heavy (non-hydrogen) atoms. The lowest BCUT2D eigenvalue weighted by Gasteiger charge is -2.32. The van der Waals surface area contributed by atoms with Gasteiger partial charge in [0, 0.05) is 49.0 Å². The molecule has 2 amide bonds. The van der Waals surface area contributed by atoms with Crippen LogP contribution in [0.5, 0.6) is 0 Å². The molecule has 3 aliphatic rings. The average molecular weight is 565 g/mol. The van der Waals surface area contributed by atoms with Gasteiger partial charge in [0.2, 0.25) is 5.91 Å². The summed E-state index contributed by atoms with van der Waals surface area (Å²) in [4.78, 5) is 29.2. The van der Waals surface area contributed by atoms with Crippen LogP contribution in [-0.4, -0.2) is 76.4 Å². The van der Waals surface area contributed by atoms with Crippen LogP contribution in [-0.2, 0) is 16.6 Å². The number of nitrogens with one attached hydrogen (secondary N) is 2. The Labute approximate surface area is 230 Å². The van der Waals surface area contributed by atoms with Gasteiger partial charge in [-0.25, -0.2) is 0 Å². The molecule has 12 heteroatoms. The molecule has 0 spiro atoms. The molecule has 3 fully saturated rings. The summed E-state index contributed by atoms with van der Waals surface area (Å²) < 4.78 is 39.7. The zero-order chi connectivity index (χ0) is 27.9. The summed E-state index contributed by atoms with van der Waals surface area (Å²) in [6.45, 7) is 3.07. The van der Waals surface area contributed by atoms with E-state index in [9.17, 15) is 22.8 Å². The van der Waals surface area contributed by atoms with Gasteiger partial charge in [0.1, 0.15) is 22.5 Å². The SMILES string of the molecule is CCN1C(=O)C(CNc2ccc3c(c2)c(C2CCN(C4CC4)CC2)cn3C)S/C1=C(/N)C(=O)NCC(F)(F)F. The molecule has 1 atom stereocenters. The number of fused-ring (bicyclic) bond motifs is 1. The average Bonchev–Trinajstić information content (AvgIpc) is 3.65. The van der Waals surface area contributed by atoms with Gasteiger partial charge < -0.3 is 30.7 Å².